The second-order valence-corrected chi connectivity index (χ2v) is 4.17. The minimum absolute atomic E-state index is 0.299. The summed E-state index contributed by atoms with van der Waals surface area (Å²) in [5.41, 5.74) is 7.62. The number of aromatic nitrogens is 2. The maximum atomic E-state index is 12.9. The van der Waals surface area contributed by atoms with E-state index in [-0.39, 0.29) is 11.9 Å². The average molecular weight is 282 g/mol. The highest BCUT2D eigenvalue weighted by Crippen LogP contribution is 2.26. The lowest BCUT2D eigenvalue weighted by atomic mass is 10.0. The summed E-state index contributed by atoms with van der Waals surface area (Å²) in [7, 11) is 0. The summed E-state index contributed by atoms with van der Waals surface area (Å²) in [6.07, 6.45) is 4.73. The van der Waals surface area contributed by atoms with Crippen LogP contribution in [0.3, 0.4) is 0 Å². The van der Waals surface area contributed by atoms with Gasteiger partial charge in [-0.3, -0.25) is 0 Å². The summed E-state index contributed by atoms with van der Waals surface area (Å²) in [6, 6.07) is 4.05. The van der Waals surface area contributed by atoms with E-state index in [9.17, 15) is 4.39 Å². The molecule has 1 heterocycles. The molecule has 16 heavy (non-hydrogen) atoms. The lowest BCUT2D eigenvalue weighted by Crippen LogP contribution is -2.13. The molecule has 1 aromatic carbocycles. The topological polar surface area (TPSA) is 51.8 Å². The van der Waals surface area contributed by atoms with Gasteiger partial charge in [-0.15, -0.1) is 0 Å². The quantitative estimate of drug-likeness (QED) is 0.920. The molecular formula is C11H9BrFN3. The standard InChI is InChI=1S/C11H9BrFN3/c12-10-3-8(13)1-2-9(10)11(14)7-4-15-6-16-5-7/h1-6,11H,14H2. The lowest BCUT2D eigenvalue weighted by Gasteiger charge is -2.13. The van der Waals surface area contributed by atoms with Crippen LogP contribution in [0.2, 0.25) is 0 Å². The minimum Gasteiger partial charge on any atom is -0.320 e. The van der Waals surface area contributed by atoms with Gasteiger partial charge in [0, 0.05) is 22.4 Å². The van der Waals surface area contributed by atoms with Crippen molar-refractivity contribution in [3.05, 3.63) is 58.3 Å². The van der Waals surface area contributed by atoms with Gasteiger partial charge in [0.15, 0.2) is 0 Å². The van der Waals surface area contributed by atoms with E-state index in [1.165, 1.54) is 18.5 Å². The van der Waals surface area contributed by atoms with E-state index in [1.807, 2.05) is 0 Å². The average Bonchev–Trinajstić information content (AvgIpc) is 2.29. The minimum atomic E-state index is -0.365. The smallest absolute Gasteiger partial charge is 0.124 e. The zero-order valence-corrected chi connectivity index (χ0v) is 9.86. The molecule has 0 aliphatic heterocycles. The van der Waals surface area contributed by atoms with Gasteiger partial charge >= 0.3 is 0 Å². The molecule has 1 atom stereocenters. The number of nitrogens with zero attached hydrogens (tertiary/aromatic N) is 2. The Hall–Kier alpha value is -1.33. The van der Waals surface area contributed by atoms with Crippen LogP contribution in [0, 0.1) is 5.82 Å². The Morgan fingerprint density at radius 3 is 2.56 bits per heavy atom. The first kappa shape index (κ1) is 11.2. The highest BCUT2D eigenvalue weighted by molar-refractivity contribution is 9.10. The first-order valence-electron chi connectivity index (χ1n) is 4.64. The number of halogens is 2. The fourth-order valence-electron chi connectivity index (χ4n) is 1.40. The van der Waals surface area contributed by atoms with Crippen LogP contribution < -0.4 is 5.73 Å². The van der Waals surface area contributed by atoms with Gasteiger partial charge in [-0.2, -0.15) is 0 Å². The highest BCUT2D eigenvalue weighted by Gasteiger charge is 2.12. The molecule has 2 aromatic rings. The molecule has 0 amide bonds. The van der Waals surface area contributed by atoms with Crippen LogP contribution >= 0.6 is 15.9 Å². The lowest BCUT2D eigenvalue weighted by molar-refractivity contribution is 0.625. The maximum Gasteiger partial charge on any atom is 0.124 e. The Morgan fingerprint density at radius 2 is 1.94 bits per heavy atom. The molecule has 0 fully saturated rings. The fourth-order valence-corrected chi connectivity index (χ4v) is 2.00. The molecule has 0 bridgehead atoms. The molecule has 3 nitrogen and oxygen atoms in total. The number of nitrogens with two attached hydrogens (primary N) is 1. The third-order valence-electron chi connectivity index (χ3n) is 2.24. The van der Waals surface area contributed by atoms with Crippen molar-refractivity contribution in [2.45, 2.75) is 6.04 Å². The molecule has 1 aromatic heterocycles. The van der Waals surface area contributed by atoms with Crippen molar-refractivity contribution >= 4 is 15.9 Å². The van der Waals surface area contributed by atoms with Crippen LogP contribution in [0.4, 0.5) is 4.39 Å². The Balaban J connectivity index is 2.38. The van der Waals surface area contributed by atoms with Crippen molar-refractivity contribution in [1.82, 2.24) is 9.97 Å². The van der Waals surface area contributed by atoms with Crippen molar-refractivity contribution in [3.8, 4) is 0 Å². The van der Waals surface area contributed by atoms with Gasteiger partial charge in [0.1, 0.15) is 12.1 Å². The molecule has 2 rings (SSSR count). The van der Waals surface area contributed by atoms with E-state index < -0.39 is 0 Å². The van der Waals surface area contributed by atoms with Crippen molar-refractivity contribution < 1.29 is 4.39 Å². The third-order valence-corrected chi connectivity index (χ3v) is 2.92. The van der Waals surface area contributed by atoms with E-state index in [0.29, 0.717) is 4.47 Å². The second kappa shape index (κ2) is 4.67. The van der Waals surface area contributed by atoms with Crippen LogP contribution in [0.25, 0.3) is 0 Å². The largest absolute Gasteiger partial charge is 0.320 e. The molecule has 0 aliphatic rings. The number of benzene rings is 1. The van der Waals surface area contributed by atoms with Crippen molar-refractivity contribution in [1.29, 1.82) is 0 Å². The SMILES string of the molecule is NC(c1cncnc1)c1ccc(F)cc1Br. The van der Waals surface area contributed by atoms with Gasteiger partial charge < -0.3 is 5.73 Å². The zero-order valence-electron chi connectivity index (χ0n) is 8.27. The molecule has 0 saturated heterocycles. The molecule has 1 unspecified atom stereocenters. The number of rotatable bonds is 2. The summed E-state index contributed by atoms with van der Waals surface area (Å²) in [6.45, 7) is 0. The Labute approximate surface area is 101 Å². The summed E-state index contributed by atoms with van der Waals surface area (Å²) >= 11 is 3.28. The predicted molar refractivity (Wildman–Crippen MR) is 62.2 cm³/mol. The summed E-state index contributed by atoms with van der Waals surface area (Å²) in [5.74, 6) is -0.299. The molecular weight excluding hydrogens is 273 g/mol. The van der Waals surface area contributed by atoms with E-state index in [0.717, 1.165) is 11.1 Å². The van der Waals surface area contributed by atoms with Crippen molar-refractivity contribution in [2.75, 3.05) is 0 Å². The monoisotopic (exact) mass is 281 g/mol. The third kappa shape index (κ3) is 2.25. The van der Waals surface area contributed by atoms with Gasteiger partial charge in [0.2, 0.25) is 0 Å². The Morgan fingerprint density at radius 1 is 1.25 bits per heavy atom. The van der Waals surface area contributed by atoms with Crippen LogP contribution in [0.1, 0.15) is 17.2 Å². The molecule has 2 N–H and O–H groups in total. The molecule has 0 saturated carbocycles. The zero-order chi connectivity index (χ0) is 11.5. The molecule has 0 aliphatic carbocycles. The summed E-state index contributed by atoms with van der Waals surface area (Å²) < 4.78 is 13.6. The van der Waals surface area contributed by atoms with Crippen LogP contribution in [-0.2, 0) is 0 Å². The van der Waals surface area contributed by atoms with Gasteiger partial charge in [0.05, 0.1) is 6.04 Å². The first-order chi connectivity index (χ1) is 7.68. The molecule has 82 valence electrons. The van der Waals surface area contributed by atoms with E-state index in [1.54, 1.807) is 18.5 Å². The van der Waals surface area contributed by atoms with Crippen LogP contribution in [-0.4, -0.2) is 9.97 Å². The van der Waals surface area contributed by atoms with E-state index >= 15 is 0 Å². The normalized spacial score (nSPS) is 12.4. The molecule has 0 spiro atoms. The first-order valence-corrected chi connectivity index (χ1v) is 5.43. The van der Waals surface area contributed by atoms with Gasteiger partial charge in [0.25, 0.3) is 0 Å². The maximum absolute atomic E-state index is 12.9. The van der Waals surface area contributed by atoms with Gasteiger partial charge in [-0.1, -0.05) is 22.0 Å². The fraction of sp³-hybridized carbons (Fsp3) is 0.0909. The Kier molecular flexibility index (Phi) is 3.26. The van der Waals surface area contributed by atoms with Crippen LogP contribution in [0.15, 0.2) is 41.4 Å². The van der Waals surface area contributed by atoms with Crippen molar-refractivity contribution in [3.63, 3.8) is 0 Å². The van der Waals surface area contributed by atoms with E-state index in [2.05, 4.69) is 25.9 Å². The number of hydrogen-bond donors (Lipinski definition) is 1. The predicted octanol–water partition coefficient (Wildman–Crippen LogP) is 2.43. The van der Waals surface area contributed by atoms with Gasteiger partial charge in [-0.25, -0.2) is 14.4 Å². The number of hydrogen-bond acceptors (Lipinski definition) is 3. The van der Waals surface area contributed by atoms with Gasteiger partial charge in [-0.05, 0) is 17.7 Å². The van der Waals surface area contributed by atoms with Crippen molar-refractivity contribution in [2.24, 2.45) is 5.73 Å². The molecule has 0 radical (unpaired) electrons. The second-order valence-electron chi connectivity index (χ2n) is 3.32. The van der Waals surface area contributed by atoms with Crippen LogP contribution in [0.5, 0.6) is 0 Å². The summed E-state index contributed by atoms with van der Waals surface area (Å²) in [5, 5.41) is 0. The summed E-state index contributed by atoms with van der Waals surface area (Å²) in [4.78, 5) is 7.80. The highest BCUT2D eigenvalue weighted by atomic mass is 79.9. The molecule has 5 heteroatoms. The Bertz CT molecular complexity index is 490. The van der Waals surface area contributed by atoms with E-state index in [4.69, 9.17) is 5.73 Å².